The minimum atomic E-state index is -3.28. The summed E-state index contributed by atoms with van der Waals surface area (Å²) in [6.45, 7) is 7.97. The smallest absolute Gasteiger partial charge is 0.229 e. The fourth-order valence-corrected chi connectivity index (χ4v) is 2.09. The van der Waals surface area contributed by atoms with E-state index >= 15 is 0 Å². The van der Waals surface area contributed by atoms with Gasteiger partial charge in [0.15, 0.2) is 0 Å². The minimum Gasteiger partial charge on any atom is -0.398 e. The van der Waals surface area contributed by atoms with Gasteiger partial charge in [0, 0.05) is 5.69 Å². The van der Waals surface area contributed by atoms with Crippen molar-refractivity contribution in [3.63, 3.8) is 0 Å². The van der Waals surface area contributed by atoms with E-state index in [1.165, 1.54) is 0 Å². The van der Waals surface area contributed by atoms with Crippen molar-refractivity contribution in [2.24, 2.45) is 0 Å². The van der Waals surface area contributed by atoms with E-state index in [2.05, 4.69) is 25.5 Å². The van der Waals surface area contributed by atoms with Crippen LogP contribution in [0.4, 0.5) is 11.4 Å². The summed E-state index contributed by atoms with van der Waals surface area (Å²) < 4.78 is 25.0. The van der Waals surface area contributed by atoms with Gasteiger partial charge in [-0.05, 0) is 35.6 Å². The van der Waals surface area contributed by atoms with E-state index in [1.54, 1.807) is 6.92 Å². The van der Waals surface area contributed by atoms with Gasteiger partial charge in [0.25, 0.3) is 0 Å². The van der Waals surface area contributed by atoms with Crippen molar-refractivity contribution >= 4 is 21.4 Å². The van der Waals surface area contributed by atoms with Gasteiger partial charge in [0.2, 0.25) is 10.0 Å². The highest BCUT2D eigenvalue weighted by atomic mass is 32.2. The van der Waals surface area contributed by atoms with Crippen LogP contribution in [0.3, 0.4) is 0 Å². The Morgan fingerprint density at radius 1 is 1.24 bits per heavy atom. The Morgan fingerprint density at radius 2 is 1.76 bits per heavy atom. The van der Waals surface area contributed by atoms with E-state index in [0.717, 1.165) is 17.4 Å². The summed E-state index contributed by atoms with van der Waals surface area (Å²) in [6.07, 6.45) is 1.13. The summed E-state index contributed by atoms with van der Waals surface area (Å²) in [5.74, 6) is 0. The monoisotopic (exact) mass is 256 g/mol. The standard InChI is InChI=1S/C12H20N2O2S/c1-8-10(13)6-9(12(2,3)4)7-11(8)14-17(5,15)16/h6-7,14H,13H2,1-5H3. The number of anilines is 2. The second-order valence-electron chi connectivity index (χ2n) is 5.36. The van der Waals surface area contributed by atoms with Gasteiger partial charge in [0.05, 0.1) is 11.9 Å². The highest BCUT2D eigenvalue weighted by Crippen LogP contribution is 2.31. The minimum absolute atomic E-state index is 0.0737. The lowest BCUT2D eigenvalue weighted by Gasteiger charge is -2.22. The molecule has 0 aliphatic rings. The zero-order valence-corrected chi connectivity index (χ0v) is 11.8. The molecule has 0 spiro atoms. The largest absolute Gasteiger partial charge is 0.398 e. The zero-order valence-electron chi connectivity index (χ0n) is 11.0. The molecule has 0 saturated heterocycles. The van der Waals surface area contributed by atoms with Crippen LogP contribution in [0.25, 0.3) is 0 Å². The number of nitrogens with one attached hydrogen (secondary N) is 1. The molecule has 3 N–H and O–H groups in total. The van der Waals surface area contributed by atoms with Crippen molar-refractivity contribution in [1.29, 1.82) is 0 Å². The lowest BCUT2D eigenvalue weighted by atomic mass is 9.86. The van der Waals surface area contributed by atoms with Gasteiger partial charge in [0.1, 0.15) is 0 Å². The third-order valence-corrected chi connectivity index (χ3v) is 3.20. The molecule has 0 heterocycles. The molecule has 0 atom stereocenters. The first kappa shape index (κ1) is 13.8. The predicted octanol–water partition coefficient (Wildman–Crippen LogP) is 2.25. The second kappa shape index (κ2) is 4.22. The summed E-state index contributed by atoms with van der Waals surface area (Å²) in [5, 5.41) is 0. The van der Waals surface area contributed by atoms with E-state index in [4.69, 9.17) is 5.73 Å². The Hall–Kier alpha value is -1.23. The van der Waals surface area contributed by atoms with Crippen LogP contribution in [0.1, 0.15) is 31.9 Å². The molecule has 0 saturated carbocycles. The van der Waals surface area contributed by atoms with Crippen molar-refractivity contribution in [2.75, 3.05) is 16.7 Å². The van der Waals surface area contributed by atoms with E-state index in [-0.39, 0.29) is 5.41 Å². The first-order valence-electron chi connectivity index (χ1n) is 5.39. The maximum atomic E-state index is 11.3. The number of nitrogen functional groups attached to an aromatic ring is 1. The number of rotatable bonds is 2. The number of nitrogens with two attached hydrogens (primary N) is 1. The third-order valence-electron chi connectivity index (χ3n) is 2.61. The molecule has 1 aromatic rings. The second-order valence-corrected chi connectivity index (χ2v) is 7.11. The maximum absolute atomic E-state index is 11.3. The van der Waals surface area contributed by atoms with E-state index in [9.17, 15) is 8.42 Å². The Morgan fingerprint density at radius 3 is 2.18 bits per heavy atom. The predicted molar refractivity (Wildman–Crippen MR) is 72.8 cm³/mol. The summed E-state index contributed by atoms with van der Waals surface area (Å²) in [6, 6.07) is 3.73. The van der Waals surface area contributed by atoms with Gasteiger partial charge in [-0.3, -0.25) is 4.72 Å². The van der Waals surface area contributed by atoms with E-state index in [0.29, 0.717) is 11.4 Å². The molecule has 5 heteroatoms. The maximum Gasteiger partial charge on any atom is 0.229 e. The van der Waals surface area contributed by atoms with E-state index in [1.807, 2.05) is 12.1 Å². The average molecular weight is 256 g/mol. The van der Waals surface area contributed by atoms with Crippen LogP contribution in [-0.4, -0.2) is 14.7 Å². The molecule has 1 aromatic carbocycles. The SMILES string of the molecule is Cc1c(N)cc(C(C)(C)C)cc1NS(C)(=O)=O. The first-order valence-corrected chi connectivity index (χ1v) is 7.28. The third kappa shape index (κ3) is 3.63. The molecule has 0 radical (unpaired) electrons. The van der Waals surface area contributed by atoms with Gasteiger partial charge in [-0.25, -0.2) is 8.42 Å². The van der Waals surface area contributed by atoms with E-state index < -0.39 is 10.0 Å². The Kier molecular flexibility index (Phi) is 3.43. The van der Waals surface area contributed by atoms with Crippen molar-refractivity contribution in [2.45, 2.75) is 33.1 Å². The molecule has 0 amide bonds. The molecular formula is C12H20N2O2S. The average Bonchev–Trinajstić information content (AvgIpc) is 2.08. The summed E-state index contributed by atoms with van der Waals surface area (Å²) in [5.41, 5.74) is 8.74. The number of hydrogen-bond acceptors (Lipinski definition) is 3. The van der Waals surface area contributed by atoms with Crippen LogP contribution in [0.5, 0.6) is 0 Å². The molecular weight excluding hydrogens is 236 g/mol. The normalized spacial score (nSPS) is 12.5. The van der Waals surface area contributed by atoms with Gasteiger partial charge in [-0.15, -0.1) is 0 Å². The lowest BCUT2D eigenvalue weighted by molar-refractivity contribution is 0.590. The Bertz CT molecular complexity index is 528. The fourth-order valence-electron chi connectivity index (χ4n) is 1.48. The summed E-state index contributed by atoms with van der Waals surface area (Å²) in [7, 11) is -3.28. The highest BCUT2D eigenvalue weighted by molar-refractivity contribution is 7.92. The molecule has 17 heavy (non-hydrogen) atoms. The van der Waals surface area contributed by atoms with Crippen molar-refractivity contribution < 1.29 is 8.42 Å². The van der Waals surface area contributed by atoms with Crippen LogP contribution >= 0.6 is 0 Å². The fraction of sp³-hybridized carbons (Fsp3) is 0.500. The molecule has 0 aliphatic heterocycles. The molecule has 0 unspecified atom stereocenters. The van der Waals surface area contributed by atoms with Crippen molar-refractivity contribution in [1.82, 2.24) is 0 Å². The van der Waals surface area contributed by atoms with Crippen LogP contribution < -0.4 is 10.5 Å². The van der Waals surface area contributed by atoms with Crippen LogP contribution in [0.15, 0.2) is 12.1 Å². The number of sulfonamides is 1. The van der Waals surface area contributed by atoms with Gasteiger partial charge in [-0.1, -0.05) is 20.8 Å². The molecule has 4 nitrogen and oxygen atoms in total. The first-order chi connectivity index (χ1) is 7.50. The van der Waals surface area contributed by atoms with Crippen molar-refractivity contribution in [3.05, 3.63) is 23.3 Å². The van der Waals surface area contributed by atoms with Gasteiger partial charge in [-0.2, -0.15) is 0 Å². The Balaban J connectivity index is 3.36. The Labute approximate surface area is 103 Å². The molecule has 0 aliphatic carbocycles. The zero-order chi connectivity index (χ0) is 13.4. The topological polar surface area (TPSA) is 72.2 Å². The van der Waals surface area contributed by atoms with Crippen LogP contribution in [-0.2, 0) is 15.4 Å². The van der Waals surface area contributed by atoms with Gasteiger partial charge >= 0.3 is 0 Å². The van der Waals surface area contributed by atoms with Gasteiger partial charge < -0.3 is 5.73 Å². The molecule has 96 valence electrons. The molecule has 0 fully saturated rings. The number of hydrogen-bond donors (Lipinski definition) is 2. The molecule has 1 rings (SSSR count). The summed E-state index contributed by atoms with van der Waals surface area (Å²) >= 11 is 0. The lowest BCUT2D eigenvalue weighted by Crippen LogP contribution is -2.16. The van der Waals surface area contributed by atoms with Crippen LogP contribution in [0, 0.1) is 6.92 Å². The summed E-state index contributed by atoms with van der Waals surface area (Å²) in [4.78, 5) is 0. The van der Waals surface area contributed by atoms with Crippen LogP contribution in [0.2, 0.25) is 0 Å². The highest BCUT2D eigenvalue weighted by Gasteiger charge is 2.17. The molecule has 0 bridgehead atoms. The van der Waals surface area contributed by atoms with Crippen molar-refractivity contribution in [3.8, 4) is 0 Å². The number of benzene rings is 1. The quantitative estimate of drug-likeness (QED) is 0.797. The molecule has 0 aromatic heterocycles.